The van der Waals surface area contributed by atoms with Gasteiger partial charge in [0.25, 0.3) is 15.9 Å². The number of nitrogens with zero attached hydrogens (tertiary/aromatic N) is 2. The third-order valence-corrected chi connectivity index (χ3v) is 5.46. The maximum Gasteiger partial charge on any atom is 0.283 e. The maximum absolute atomic E-state index is 14.0. The molecule has 1 aliphatic rings. The van der Waals surface area contributed by atoms with Crippen molar-refractivity contribution >= 4 is 21.6 Å². The summed E-state index contributed by atoms with van der Waals surface area (Å²) in [5.74, 6) is -2.39. The quantitative estimate of drug-likeness (QED) is 0.850. The summed E-state index contributed by atoms with van der Waals surface area (Å²) in [6.45, 7) is 3.14. The van der Waals surface area contributed by atoms with Gasteiger partial charge in [-0.3, -0.25) is 9.78 Å². The minimum absolute atomic E-state index is 0.0570. The number of aromatic nitrogens is 1. The Kier molecular flexibility index (Phi) is 5.19. The third kappa shape index (κ3) is 3.74. The molecule has 28 heavy (non-hydrogen) atoms. The maximum atomic E-state index is 14.0. The van der Waals surface area contributed by atoms with Crippen molar-refractivity contribution < 1.29 is 22.0 Å². The molecule has 1 aliphatic heterocycles. The molecular weight excluding hydrogens is 388 g/mol. The van der Waals surface area contributed by atoms with Gasteiger partial charge in [0, 0.05) is 11.8 Å². The standard InChI is InChI=1S/C19H15F2N3O3S/c1-3-12-9-15(23-17(12)18-14(21)5-4-8-22-18)19(25)24-28(26,27)16-10-13(20)7-6-11(16)2/h3-10H,1-2H3,(H,24,25)/b12-3+. The molecule has 1 N–H and O–H groups in total. The number of pyridine rings is 1. The number of sulfonamides is 1. The summed E-state index contributed by atoms with van der Waals surface area (Å²) in [4.78, 5) is 20.1. The summed E-state index contributed by atoms with van der Waals surface area (Å²) in [5, 5.41) is 0. The predicted octanol–water partition coefficient (Wildman–Crippen LogP) is 2.81. The highest BCUT2D eigenvalue weighted by Crippen LogP contribution is 2.23. The van der Waals surface area contributed by atoms with Crippen LogP contribution in [-0.2, 0) is 14.8 Å². The van der Waals surface area contributed by atoms with Crippen LogP contribution in [0.5, 0.6) is 0 Å². The number of allylic oxidation sites excluding steroid dienone is 3. The van der Waals surface area contributed by atoms with E-state index in [-0.39, 0.29) is 27.6 Å². The molecule has 0 unspecified atom stereocenters. The highest BCUT2D eigenvalue weighted by Gasteiger charge is 2.27. The van der Waals surface area contributed by atoms with Crippen LogP contribution in [0.4, 0.5) is 8.78 Å². The average molecular weight is 403 g/mol. The van der Waals surface area contributed by atoms with Crippen LogP contribution in [0, 0.1) is 18.6 Å². The van der Waals surface area contributed by atoms with Gasteiger partial charge in [0.15, 0.2) is 5.82 Å². The molecule has 0 saturated carbocycles. The SMILES string of the molecule is C/C=C1\C=C(C(=O)NS(=O)(=O)c2cc(F)ccc2C)N=C1c1ncccc1F. The molecule has 6 nitrogen and oxygen atoms in total. The monoisotopic (exact) mass is 403 g/mol. The molecule has 0 bridgehead atoms. The Morgan fingerprint density at radius 1 is 1.21 bits per heavy atom. The molecule has 0 fully saturated rings. The Bertz CT molecular complexity index is 1170. The fourth-order valence-corrected chi connectivity index (χ4v) is 3.83. The van der Waals surface area contributed by atoms with E-state index in [4.69, 9.17) is 0 Å². The lowest BCUT2D eigenvalue weighted by Gasteiger charge is -2.09. The van der Waals surface area contributed by atoms with Crippen molar-refractivity contribution in [1.82, 2.24) is 9.71 Å². The summed E-state index contributed by atoms with van der Waals surface area (Å²) in [6, 6.07) is 5.85. The number of nitrogens with one attached hydrogen (secondary N) is 1. The number of carbonyl (C=O) groups excluding carboxylic acids is 1. The number of amides is 1. The Balaban J connectivity index is 1.93. The second kappa shape index (κ2) is 7.43. The lowest BCUT2D eigenvalue weighted by atomic mass is 10.1. The van der Waals surface area contributed by atoms with Gasteiger partial charge in [-0.25, -0.2) is 26.9 Å². The van der Waals surface area contributed by atoms with E-state index in [1.807, 2.05) is 4.72 Å². The first kappa shape index (κ1) is 19.6. The zero-order valence-electron chi connectivity index (χ0n) is 14.9. The van der Waals surface area contributed by atoms with Gasteiger partial charge in [0.2, 0.25) is 0 Å². The number of rotatable bonds is 4. The fraction of sp³-hybridized carbons (Fsp3) is 0.105. The van der Waals surface area contributed by atoms with E-state index in [9.17, 15) is 22.0 Å². The number of carbonyl (C=O) groups is 1. The van der Waals surface area contributed by atoms with Gasteiger partial charge in [-0.15, -0.1) is 0 Å². The molecule has 0 radical (unpaired) electrons. The Morgan fingerprint density at radius 3 is 2.64 bits per heavy atom. The molecule has 3 rings (SSSR count). The molecule has 0 saturated heterocycles. The predicted molar refractivity (Wildman–Crippen MR) is 99.0 cm³/mol. The van der Waals surface area contributed by atoms with Crippen LogP contribution in [0.25, 0.3) is 0 Å². The molecule has 1 aromatic carbocycles. The number of benzene rings is 1. The average Bonchev–Trinajstić information content (AvgIpc) is 3.08. The first-order valence-corrected chi connectivity index (χ1v) is 9.62. The third-order valence-electron chi connectivity index (χ3n) is 3.99. The van der Waals surface area contributed by atoms with Crippen LogP contribution in [0.3, 0.4) is 0 Å². The van der Waals surface area contributed by atoms with Gasteiger partial charge in [0.05, 0.1) is 10.6 Å². The molecule has 0 aliphatic carbocycles. The molecule has 1 aromatic heterocycles. The molecular formula is C19H15F2N3O3S. The number of hydrogen-bond donors (Lipinski definition) is 1. The number of aryl methyl sites for hydroxylation is 1. The second-order valence-electron chi connectivity index (χ2n) is 5.91. The van der Waals surface area contributed by atoms with Gasteiger partial charge in [-0.1, -0.05) is 12.1 Å². The Hall–Kier alpha value is -3.20. The van der Waals surface area contributed by atoms with Crippen LogP contribution >= 0.6 is 0 Å². The highest BCUT2D eigenvalue weighted by molar-refractivity contribution is 7.90. The number of hydrogen-bond acceptors (Lipinski definition) is 5. The van der Waals surface area contributed by atoms with Crippen molar-refractivity contribution in [2.24, 2.45) is 4.99 Å². The topological polar surface area (TPSA) is 88.5 Å². The lowest BCUT2D eigenvalue weighted by molar-refractivity contribution is -0.115. The van der Waals surface area contributed by atoms with E-state index >= 15 is 0 Å². The van der Waals surface area contributed by atoms with Crippen LogP contribution in [0.15, 0.2) is 69.8 Å². The molecule has 2 aromatic rings. The van der Waals surface area contributed by atoms with Crippen LogP contribution in [-0.4, -0.2) is 25.0 Å². The van der Waals surface area contributed by atoms with E-state index in [0.717, 1.165) is 12.1 Å². The van der Waals surface area contributed by atoms with E-state index in [0.29, 0.717) is 5.57 Å². The van der Waals surface area contributed by atoms with Crippen molar-refractivity contribution in [1.29, 1.82) is 0 Å². The van der Waals surface area contributed by atoms with Crippen molar-refractivity contribution in [2.45, 2.75) is 18.7 Å². The lowest BCUT2D eigenvalue weighted by Crippen LogP contribution is -2.31. The van der Waals surface area contributed by atoms with E-state index in [1.54, 1.807) is 13.0 Å². The summed E-state index contributed by atoms with van der Waals surface area (Å²) in [6.07, 6.45) is 4.30. The van der Waals surface area contributed by atoms with Gasteiger partial charge < -0.3 is 0 Å². The van der Waals surface area contributed by atoms with E-state index in [1.165, 1.54) is 37.4 Å². The summed E-state index contributed by atoms with van der Waals surface area (Å²) in [5.41, 5.74) is 0.521. The molecule has 2 heterocycles. The van der Waals surface area contributed by atoms with Crippen molar-refractivity contribution in [3.8, 4) is 0 Å². The number of aliphatic imine (C=N–C) groups is 1. The largest absolute Gasteiger partial charge is 0.283 e. The van der Waals surface area contributed by atoms with Crippen LogP contribution < -0.4 is 4.72 Å². The zero-order chi connectivity index (χ0) is 20.5. The fourth-order valence-electron chi connectivity index (χ4n) is 2.61. The van der Waals surface area contributed by atoms with Crippen molar-refractivity contribution in [3.05, 3.63) is 82.8 Å². The minimum atomic E-state index is -4.32. The molecule has 0 spiro atoms. The summed E-state index contributed by atoms with van der Waals surface area (Å²) < 4.78 is 54.3. The minimum Gasteiger partial charge on any atom is -0.266 e. The van der Waals surface area contributed by atoms with E-state index < -0.39 is 27.6 Å². The van der Waals surface area contributed by atoms with Crippen LogP contribution in [0.2, 0.25) is 0 Å². The summed E-state index contributed by atoms with van der Waals surface area (Å²) >= 11 is 0. The molecule has 144 valence electrons. The van der Waals surface area contributed by atoms with Gasteiger partial charge in [-0.05, 0) is 49.8 Å². The Morgan fingerprint density at radius 2 is 1.96 bits per heavy atom. The molecule has 9 heteroatoms. The van der Waals surface area contributed by atoms with Crippen molar-refractivity contribution in [2.75, 3.05) is 0 Å². The van der Waals surface area contributed by atoms with Gasteiger partial charge in [0.1, 0.15) is 17.2 Å². The van der Waals surface area contributed by atoms with Gasteiger partial charge >= 0.3 is 0 Å². The molecule has 0 atom stereocenters. The second-order valence-corrected chi connectivity index (χ2v) is 7.56. The zero-order valence-corrected chi connectivity index (χ0v) is 15.7. The molecule has 1 amide bonds. The van der Waals surface area contributed by atoms with Crippen molar-refractivity contribution in [3.63, 3.8) is 0 Å². The first-order chi connectivity index (χ1) is 13.2. The smallest absolute Gasteiger partial charge is 0.266 e. The van der Waals surface area contributed by atoms with E-state index in [2.05, 4.69) is 9.98 Å². The summed E-state index contributed by atoms with van der Waals surface area (Å²) in [7, 11) is -4.32. The normalized spacial score (nSPS) is 15.4. The first-order valence-electron chi connectivity index (χ1n) is 8.14. The Labute approximate surface area is 160 Å². The van der Waals surface area contributed by atoms with Gasteiger partial charge in [-0.2, -0.15) is 0 Å². The highest BCUT2D eigenvalue weighted by atomic mass is 32.2. The number of halogens is 2. The van der Waals surface area contributed by atoms with Crippen LogP contribution in [0.1, 0.15) is 18.2 Å².